The van der Waals surface area contributed by atoms with Gasteiger partial charge in [-0.25, -0.2) is 0 Å². The van der Waals surface area contributed by atoms with Gasteiger partial charge in [0.2, 0.25) is 12.7 Å². The summed E-state index contributed by atoms with van der Waals surface area (Å²) in [5.74, 6) is -0.599. The van der Waals surface area contributed by atoms with E-state index in [2.05, 4.69) is 9.79 Å². The van der Waals surface area contributed by atoms with Crippen molar-refractivity contribution in [3.63, 3.8) is 0 Å². The molecule has 1 rings (SSSR count). The molecule has 0 aliphatic rings. The Bertz CT molecular complexity index is 246. The van der Waals surface area contributed by atoms with Gasteiger partial charge in [0.1, 0.15) is 5.95 Å². The minimum Gasteiger partial charge on any atom is -0.539 e. The minimum absolute atomic E-state index is 0.146. The molecular weight excluding hydrogens is 160 g/mol. The highest BCUT2D eigenvalue weighted by molar-refractivity contribution is 6.63. The van der Waals surface area contributed by atoms with Gasteiger partial charge in [-0.15, -0.1) is 0 Å². The molecule has 54 valence electrons. The maximum Gasteiger partial charge on any atom is 0.289 e. The summed E-state index contributed by atoms with van der Waals surface area (Å²) in [7, 11) is 0. The van der Waals surface area contributed by atoms with Gasteiger partial charge in [-0.3, -0.25) is 4.79 Å². The van der Waals surface area contributed by atoms with Crippen LogP contribution >= 0.6 is 11.6 Å². The van der Waals surface area contributed by atoms with E-state index in [9.17, 15) is 9.90 Å². The van der Waals surface area contributed by atoms with E-state index in [1.807, 2.05) is 0 Å². The average molecular weight is 163 g/mol. The molecule has 0 aromatic carbocycles. The summed E-state index contributed by atoms with van der Waals surface area (Å²) in [5, 5.41) is 12.8. The molecule has 0 aliphatic carbocycles. The van der Waals surface area contributed by atoms with Gasteiger partial charge in [-0.05, 0) is 11.6 Å². The van der Waals surface area contributed by atoms with Crippen molar-refractivity contribution in [2.75, 3.05) is 0 Å². The highest BCUT2D eigenvalue weighted by Crippen LogP contribution is 1.92. The Kier molecular flexibility index (Phi) is 1.86. The maximum atomic E-state index is 10.3. The average Bonchev–Trinajstić information content (AvgIpc) is 2.13. The van der Waals surface area contributed by atoms with Gasteiger partial charge in [0.05, 0.1) is 5.27 Å². The number of rotatable bonds is 2. The number of carbonyl (C=O) groups is 1. The van der Waals surface area contributed by atoms with Crippen LogP contribution in [0.3, 0.4) is 0 Å². The molecule has 0 spiro atoms. The number of halogens is 1. The molecule has 0 atom stereocenters. The van der Waals surface area contributed by atoms with E-state index in [1.54, 1.807) is 0 Å². The largest absolute Gasteiger partial charge is 0.539 e. The lowest BCUT2D eigenvalue weighted by molar-refractivity contribution is -0.750. The van der Waals surface area contributed by atoms with Crippen LogP contribution in [0.4, 0.5) is 0 Å². The Balaban J connectivity index is 2.67. The molecule has 1 aromatic rings. The van der Waals surface area contributed by atoms with Gasteiger partial charge in [-0.1, -0.05) is 4.68 Å². The van der Waals surface area contributed by atoms with Crippen molar-refractivity contribution in [1.29, 1.82) is 0 Å². The quantitative estimate of drug-likeness (QED) is 0.405. The van der Waals surface area contributed by atoms with Crippen molar-refractivity contribution in [2.24, 2.45) is 0 Å². The monoisotopic (exact) mass is 162 g/mol. The molecule has 1 aromatic heterocycles. The maximum absolute atomic E-state index is 10.3. The highest BCUT2D eigenvalue weighted by Gasteiger charge is 2.07. The van der Waals surface area contributed by atoms with E-state index < -0.39 is 11.2 Å². The third-order valence-corrected chi connectivity index (χ3v) is 0.896. The molecule has 6 heteroatoms. The summed E-state index contributed by atoms with van der Waals surface area (Å²) >= 11 is 4.98. The van der Waals surface area contributed by atoms with E-state index >= 15 is 0 Å². The van der Waals surface area contributed by atoms with Crippen molar-refractivity contribution in [1.82, 2.24) is 5.27 Å². The first-order valence-electron chi connectivity index (χ1n) is 2.40. The number of hydrogen-bond donors (Lipinski definition) is 0. The second-order valence-corrected chi connectivity index (χ2v) is 2.00. The van der Waals surface area contributed by atoms with Crippen molar-refractivity contribution in [3.8, 4) is 5.95 Å². The summed E-state index contributed by atoms with van der Waals surface area (Å²) in [5.41, 5.74) is 0. The summed E-state index contributed by atoms with van der Waals surface area (Å²) in [6.07, 6.45) is 1.04. The van der Waals surface area contributed by atoms with Crippen LogP contribution in [-0.2, 0) is 11.3 Å². The van der Waals surface area contributed by atoms with Crippen molar-refractivity contribution < 1.29 is 19.1 Å². The molecule has 0 saturated carbocycles. The van der Waals surface area contributed by atoms with Crippen LogP contribution in [0, 0.1) is 0 Å². The van der Waals surface area contributed by atoms with Gasteiger partial charge < -0.3 is 9.63 Å². The molecule has 0 fully saturated rings. The lowest BCUT2D eigenvalue weighted by Gasteiger charge is -1.77. The Morgan fingerprint density at radius 3 is 3.10 bits per heavy atom. The first kappa shape index (κ1) is 7.01. The Labute approximate surface area is 60.8 Å². The van der Waals surface area contributed by atoms with Gasteiger partial charge in [0.15, 0.2) is 0 Å². The van der Waals surface area contributed by atoms with E-state index in [1.165, 1.54) is 0 Å². The van der Waals surface area contributed by atoms with E-state index in [4.69, 9.17) is 11.6 Å². The Morgan fingerprint density at radius 2 is 2.70 bits per heavy atom. The number of aromatic nitrogens is 2. The standard InChI is InChI=1S/C4H3ClN2O3/c5-3(8)1-7-2-4(9)10-6-7/h2H,1H2. The van der Waals surface area contributed by atoms with Gasteiger partial charge in [-0.2, -0.15) is 0 Å². The zero-order valence-corrected chi connectivity index (χ0v) is 5.54. The Morgan fingerprint density at radius 1 is 2.00 bits per heavy atom. The van der Waals surface area contributed by atoms with Crippen LogP contribution in [0.1, 0.15) is 0 Å². The Hall–Kier alpha value is -1.10. The zero-order chi connectivity index (χ0) is 7.56. The van der Waals surface area contributed by atoms with Crippen molar-refractivity contribution in [3.05, 3.63) is 6.20 Å². The van der Waals surface area contributed by atoms with Gasteiger partial charge in [0, 0.05) is 0 Å². The van der Waals surface area contributed by atoms with Gasteiger partial charge in [0.25, 0.3) is 5.24 Å². The van der Waals surface area contributed by atoms with Crippen LogP contribution < -0.4 is 9.79 Å². The summed E-state index contributed by atoms with van der Waals surface area (Å²) in [6, 6.07) is 0. The lowest BCUT2D eigenvalue weighted by Crippen LogP contribution is -2.37. The third-order valence-electron chi connectivity index (χ3n) is 0.776. The predicted molar refractivity (Wildman–Crippen MR) is 27.0 cm³/mol. The lowest BCUT2D eigenvalue weighted by atomic mass is 10.7. The van der Waals surface area contributed by atoms with Crippen molar-refractivity contribution >= 4 is 16.8 Å². The molecule has 1 heterocycles. The minimum atomic E-state index is -0.599. The molecule has 5 nitrogen and oxygen atoms in total. The topological polar surface area (TPSA) is 70.0 Å². The number of carbonyl (C=O) groups excluding carboxylic acids is 1. The fourth-order valence-corrected chi connectivity index (χ4v) is 0.586. The zero-order valence-electron chi connectivity index (χ0n) is 4.78. The van der Waals surface area contributed by atoms with Crippen LogP contribution in [0.5, 0.6) is 5.95 Å². The first-order chi connectivity index (χ1) is 4.68. The SMILES string of the molecule is O=C(Cl)C[n+]1cc([O-])on1. The molecule has 0 bridgehead atoms. The smallest absolute Gasteiger partial charge is 0.289 e. The van der Waals surface area contributed by atoms with E-state index in [0.29, 0.717) is 0 Å². The van der Waals surface area contributed by atoms with Crippen molar-refractivity contribution in [2.45, 2.75) is 6.54 Å². The van der Waals surface area contributed by atoms with E-state index in [-0.39, 0.29) is 6.54 Å². The molecule has 0 aliphatic heterocycles. The molecule has 0 radical (unpaired) electrons. The molecule has 0 saturated heterocycles. The molecular formula is C4H3ClN2O3. The third kappa shape index (κ3) is 1.70. The van der Waals surface area contributed by atoms with E-state index in [0.717, 1.165) is 10.9 Å². The number of hydrogen-bond acceptors (Lipinski definition) is 4. The second-order valence-electron chi connectivity index (χ2n) is 1.57. The summed E-state index contributed by atoms with van der Waals surface area (Å²) in [4.78, 5) is 10.2. The predicted octanol–water partition coefficient (Wildman–Crippen LogP) is -1.20. The second kappa shape index (κ2) is 2.66. The molecule has 0 unspecified atom stereocenters. The summed E-state index contributed by atoms with van der Waals surface area (Å²) < 4.78 is 5.14. The normalized spacial score (nSPS) is 9.70. The number of nitrogens with zero attached hydrogens (tertiary/aromatic N) is 2. The van der Waals surface area contributed by atoms with Crippen LogP contribution in [-0.4, -0.2) is 10.5 Å². The molecule has 10 heavy (non-hydrogen) atoms. The molecule has 0 amide bonds. The van der Waals surface area contributed by atoms with Crippen LogP contribution in [0.25, 0.3) is 0 Å². The first-order valence-corrected chi connectivity index (χ1v) is 2.78. The van der Waals surface area contributed by atoms with Gasteiger partial charge >= 0.3 is 0 Å². The molecule has 0 N–H and O–H groups in total. The summed E-state index contributed by atoms with van der Waals surface area (Å²) in [6.45, 7) is -0.146. The van der Waals surface area contributed by atoms with Crippen LogP contribution in [0.2, 0.25) is 0 Å². The highest BCUT2D eigenvalue weighted by atomic mass is 35.5. The fourth-order valence-electron chi connectivity index (χ4n) is 0.463. The van der Waals surface area contributed by atoms with Crippen LogP contribution in [0.15, 0.2) is 10.7 Å². The fraction of sp³-hybridized carbons (Fsp3) is 0.250.